The van der Waals surface area contributed by atoms with Crippen molar-refractivity contribution < 1.29 is 4.79 Å². The zero-order valence-corrected chi connectivity index (χ0v) is 15.0. The molecule has 1 atom stereocenters. The van der Waals surface area contributed by atoms with Crippen molar-refractivity contribution in [3.63, 3.8) is 0 Å². The SMILES string of the molecule is CC(C)n1ccnc1CN1CCCN(C(=O)[C@H]2CC=CCC2)CC1. The average Bonchev–Trinajstić information content (AvgIpc) is 2.93. The van der Waals surface area contributed by atoms with Crippen LogP contribution in [-0.2, 0) is 11.3 Å². The number of amides is 1. The Morgan fingerprint density at radius 3 is 2.88 bits per heavy atom. The molecule has 24 heavy (non-hydrogen) atoms. The molecule has 1 aromatic rings. The third kappa shape index (κ3) is 4.07. The predicted molar refractivity (Wildman–Crippen MR) is 95.6 cm³/mol. The van der Waals surface area contributed by atoms with E-state index in [1.54, 1.807) is 0 Å². The lowest BCUT2D eigenvalue weighted by Gasteiger charge is -2.27. The van der Waals surface area contributed by atoms with Gasteiger partial charge in [-0.05, 0) is 39.5 Å². The number of rotatable bonds is 4. The van der Waals surface area contributed by atoms with Gasteiger partial charge in [0.1, 0.15) is 5.82 Å². The second-order valence-electron chi connectivity index (χ2n) is 7.28. The number of carbonyl (C=O) groups is 1. The normalized spacial score (nSPS) is 22.8. The highest BCUT2D eigenvalue weighted by atomic mass is 16.2. The van der Waals surface area contributed by atoms with E-state index < -0.39 is 0 Å². The van der Waals surface area contributed by atoms with Crippen LogP contribution in [0, 0.1) is 5.92 Å². The van der Waals surface area contributed by atoms with Crippen LogP contribution in [0.1, 0.15) is 51.4 Å². The zero-order valence-electron chi connectivity index (χ0n) is 15.0. The van der Waals surface area contributed by atoms with Gasteiger partial charge in [0.25, 0.3) is 0 Å². The van der Waals surface area contributed by atoms with Gasteiger partial charge in [-0.25, -0.2) is 4.98 Å². The van der Waals surface area contributed by atoms with Crippen LogP contribution in [0.3, 0.4) is 0 Å². The Kier molecular flexibility index (Phi) is 5.72. The van der Waals surface area contributed by atoms with Gasteiger partial charge in [0.05, 0.1) is 6.54 Å². The number of aromatic nitrogens is 2. The largest absolute Gasteiger partial charge is 0.341 e. The molecule has 5 heteroatoms. The second-order valence-corrected chi connectivity index (χ2v) is 7.28. The maximum absolute atomic E-state index is 12.7. The van der Waals surface area contributed by atoms with Crippen LogP contribution in [0.25, 0.3) is 0 Å². The van der Waals surface area contributed by atoms with Crippen LogP contribution in [0.4, 0.5) is 0 Å². The molecule has 0 unspecified atom stereocenters. The Morgan fingerprint density at radius 2 is 2.12 bits per heavy atom. The van der Waals surface area contributed by atoms with Crippen LogP contribution in [0.5, 0.6) is 0 Å². The molecule has 0 bridgehead atoms. The van der Waals surface area contributed by atoms with Gasteiger partial charge < -0.3 is 9.47 Å². The van der Waals surface area contributed by atoms with Gasteiger partial charge in [0.15, 0.2) is 0 Å². The first kappa shape index (κ1) is 17.2. The van der Waals surface area contributed by atoms with Crippen molar-refractivity contribution in [1.29, 1.82) is 0 Å². The van der Waals surface area contributed by atoms with Crippen LogP contribution in [-0.4, -0.2) is 51.4 Å². The summed E-state index contributed by atoms with van der Waals surface area (Å²) in [6.07, 6.45) is 12.4. The molecular weight excluding hydrogens is 300 g/mol. The summed E-state index contributed by atoms with van der Waals surface area (Å²) >= 11 is 0. The van der Waals surface area contributed by atoms with Crippen LogP contribution in [0.15, 0.2) is 24.5 Å². The molecule has 1 amide bonds. The lowest BCUT2D eigenvalue weighted by atomic mass is 9.93. The van der Waals surface area contributed by atoms with Crippen LogP contribution >= 0.6 is 0 Å². The van der Waals surface area contributed by atoms with Crippen molar-refractivity contribution in [3.8, 4) is 0 Å². The van der Waals surface area contributed by atoms with Crippen molar-refractivity contribution in [2.75, 3.05) is 26.2 Å². The minimum Gasteiger partial charge on any atom is -0.341 e. The molecule has 1 aliphatic heterocycles. The quantitative estimate of drug-likeness (QED) is 0.797. The van der Waals surface area contributed by atoms with Gasteiger partial charge in [-0.2, -0.15) is 0 Å². The fourth-order valence-electron chi connectivity index (χ4n) is 3.76. The number of hydrogen-bond acceptors (Lipinski definition) is 3. The maximum Gasteiger partial charge on any atom is 0.226 e. The third-order valence-corrected chi connectivity index (χ3v) is 5.19. The molecule has 0 aromatic carbocycles. The number of imidazole rings is 1. The highest BCUT2D eigenvalue weighted by Gasteiger charge is 2.26. The molecule has 5 nitrogen and oxygen atoms in total. The molecule has 2 heterocycles. The minimum atomic E-state index is 0.210. The molecule has 1 aromatic heterocycles. The first-order valence-corrected chi connectivity index (χ1v) is 9.33. The van der Waals surface area contributed by atoms with Gasteiger partial charge in [0.2, 0.25) is 5.91 Å². The molecule has 0 spiro atoms. The summed E-state index contributed by atoms with van der Waals surface area (Å²) in [6.45, 7) is 8.98. The molecule has 1 saturated heterocycles. The van der Waals surface area contributed by atoms with Crippen molar-refractivity contribution in [2.24, 2.45) is 5.92 Å². The fraction of sp³-hybridized carbons (Fsp3) is 0.684. The van der Waals surface area contributed by atoms with E-state index in [-0.39, 0.29) is 5.92 Å². The van der Waals surface area contributed by atoms with E-state index in [2.05, 4.69) is 51.5 Å². The summed E-state index contributed by atoms with van der Waals surface area (Å²) in [4.78, 5) is 21.8. The molecule has 1 fully saturated rings. The Hall–Kier alpha value is -1.62. The summed E-state index contributed by atoms with van der Waals surface area (Å²) in [5, 5.41) is 0. The highest BCUT2D eigenvalue weighted by molar-refractivity contribution is 5.79. The Bertz CT molecular complexity index is 578. The number of hydrogen-bond donors (Lipinski definition) is 0. The summed E-state index contributed by atoms with van der Waals surface area (Å²) in [5.74, 6) is 1.70. The summed E-state index contributed by atoms with van der Waals surface area (Å²) in [7, 11) is 0. The Balaban J connectivity index is 1.56. The number of carbonyl (C=O) groups excluding carboxylic acids is 1. The monoisotopic (exact) mass is 330 g/mol. The average molecular weight is 330 g/mol. The first-order chi connectivity index (χ1) is 11.6. The maximum atomic E-state index is 12.7. The molecule has 0 N–H and O–H groups in total. The highest BCUT2D eigenvalue weighted by Crippen LogP contribution is 2.21. The smallest absolute Gasteiger partial charge is 0.226 e. The Labute approximate surface area is 145 Å². The van der Waals surface area contributed by atoms with Gasteiger partial charge in [0, 0.05) is 50.5 Å². The van der Waals surface area contributed by atoms with Crippen molar-refractivity contribution >= 4 is 5.91 Å². The standard InChI is InChI=1S/C19H30N4O/c1-16(2)23-12-9-20-18(23)15-21-10-6-11-22(14-13-21)19(24)17-7-4-3-5-8-17/h3-4,9,12,16-17H,5-8,10-11,13-15H2,1-2H3/t17-/m0/s1. The van der Waals surface area contributed by atoms with E-state index in [1.807, 2.05) is 6.20 Å². The summed E-state index contributed by atoms with van der Waals surface area (Å²) in [5.41, 5.74) is 0. The lowest BCUT2D eigenvalue weighted by Crippen LogP contribution is -2.39. The second kappa shape index (κ2) is 7.97. The van der Waals surface area contributed by atoms with Gasteiger partial charge in [-0.15, -0.1) is 0 Å². The molecular formula is C19H30N4O. The summed E-state index contributed by atoms with van der Waals surface area (Å²) < 4.78 is 2.24. The van der Waals surface area contributed by atoms with Gasteiger partial charge >= 0.3 is 0 Å². The van der Waals surface area contributed by atoms with Crippen LogP contribution < -0.4 is 0 Å². The van der Waals surface area contributed by atoms with E-state index in [1.165, 1.54) is 0 Å². The minimum absolute atomic E-state index is 0.210. The van der Waals surface area contributed by atoms with E-state index in [4.69, 9.17) is 0 Å². The van der Waals surface area contributed by atoms with Gasteiger partial charge in [-0.3, -0.25) is 9.69 Å². The zero-order chi connectivity index (χ0) is 16.9. The molecule has 0 radical (unpaired) electrons. The van der Waals surface area contributed by atoms with E-state index in [9.17, 15) is 4.79 Å². The Morgan fingerprint density at radius 1 is 1.25 bits per heavy atom. The first-order valence-electron chi connectivity index (χ1n) is 9.33. The van der Waals surface area contributed by atoms with Crippen molar-refractivity contribution in [3.05, 3.63) is 30.4 Å². The number of allylic oxidation sites excluding steroid dienone is 2. The predicted octanol–water partition coefficient (Wildman–Crippen LogP) is 2.85. The van der Waals surface area contributed by atoms with Gasteiger partial charge in [-0.1, -0.05) is 12.2 Å². The molecule has 132 valence electrons. The number of nitrogens with zero attached hydrogens (tertiary/aromatic N) is 4. The van der Waals surface area contributed by atoms with E-state index in [0.29, 0.717) is 11.9 Å². The van der Waals surface area contributed by atoms with Crippen LogP contribution in [0.2, 0.25) is 0 Å². The molecule has 2 aliphatic rings. The third-order valence-electron chi connectivity index (χ3n) is 5.19. The molecule has 3 rings (SSSR count). The van der Waals surface area contributed by atoms with E-state index >= 15 is 0 Å². The summed E-state index contributed by atoms with van der Waals surface area (Å²) in [6, 6.07) is 0.437. The fourth-order valence-corrected chi connectivity index (χ4v) is 3.76. The lowest BCUT2D eigenvalue weighted by molar-refractivity contribution is -0.135. The molecule has 0 saturated carbocycles. The van der Waals surface area contributed by atoms with Crippen molar-refractivity contribution in [1.82, 2.24) is 19.4 Å². The van der Waals surface area contributed by atoms with E-state index in [0.717, 1.165) is 64.2 Å². The topological polar surface area (TPSA) is 41.4 Å². The molecule has 1 aliphatic carbocycles. The van der Waals surface area contributed by atoms with Crippen molar-refractivity contribution in [2.45, 2.75) is 52.1 Å².